The van der Waals surface area contributed by atoms with Crippen LogP contribution in [0.1, 0.15) is 28.4 Å². The van der Waals surface area contributed by atoms with Crippen molar-refractivity contribution in [1.82, 2.24) is 9.29 Å². The van der Waals surface area contributed by atoms with Crippen molar-refractivity contribution >= 4 is 26.7 Å². The number of hydrogen-bond donors (Lipinski definition) is 1. The minimum absolute atomic E-state index is 0.0311. The Balaban J connectivity index is 1.55. The van der Waals surface area contributed by atoms with Gasteiger partial charge in [0.2, 0.25) is 10.0 Å². The van der Waals surface area contributed by atoms with Crippen LogP contribution in [-0.4, -0.2) is 36.7 Å². The average Bonchev–Trinajstić information content (AvgIpc) is 2.88. The minimum atomic E-state index is -4.10. The van der Waals surface area contributed by atoms with Crippen LogP contribution >= 0.6 is 0 Å². The second-order valence-corrected chi connectivity index (χ2v) is 10.6. The molecule has 4 aromatic rings. The molecule has 3 aromatic carbocycles. The number of Topliss-reactive ketones (excluding diaryl/α,β-unsaturated/α-hetero) is 1. The molecule has 5 rings (SSSR count). The molecule has 8 nitrogen and oxygen atoms in total. The van der Waals surface area contributed by atoms with Crippen molar-refractivity contribution < 1.29 is 27.1 Å². The van der Waals surface area contributed by atoms with Crippen LogP contribution in [0.25, 0.3) is 10.9 Å². The number of ether oxygens (including phenoxy) is 2. The number of halogens is 1. The molecule has 0 bridgehead atoms. The van der Waals surface area contributed by atoms with Crippen molar-refractivity contribution in [3.05, 3.63) is 99.6 Å². The molecule has 2 heterocycles. The van der Waals surface area contributed by atoms with Crippen LogP contribution in [0, 0.1) is 5.82 Å². The number of hydrogen-bond acceptors (Lipinski definition) is 6. The number of H-pyrrole nitrogens is 1. The Labute approximate surface area is 212 Å². The summed E-state index contributed by atoms with van der Waals surface area (Å²) in [6.45, 7) is 1.86. The lowest BCUT2D eigenvalue weighted by Gasteiger charge is -2.23. The van der Waals surface area contributed by atoms with Crippen molar-refractivity contribution in [3.8, 4) is 11.5 Å². The molecule has 0 atom stereocenters. The molecule has 1 aromatic heterocycles. The zero-order valence-corrected chi connectivity index (χ0v) is 20.7. The molecular formula is C27H23FN2O6S. The summed E-state index contributed by atoms with van der Waals surface area (Å²) < 4.78 is 53.2. The highest BCUT2D eigenvalue weighted by molar-refractivity contribution is 7.89. The third-order valence-electron chi connectivity index (χ3n) is 6.10. The SMILES string of the molecule is CC(=O)c1ccc(S(=O)(=O)N(Cc2ccc(F)cc2)Cc2cc3cc4c(cc3[nH]c2=O)OCCO4)cc1. The van der Waals surface area contributed by atoms with E-state index in [-0.39, 0.29) is 29.3 Å². The number of aromatic amines is 1. The van der Waals surface area contributed by atoms with Crippen LogP contribution in [0.15, 0.2) is 76.4 Å². The van der Waals surface area contributed by atoms with Gasteiger partial charge in [-0.15, -0.1) is 0 Å². The predicted molar refractivity (Wildman–Crippen MR) is 135 cm³/mol. The molecule has 1 aliphatic rings. The minimum Gasteiger partial charge on any atom is -0.486 e. The maximum Gasteiger partial charge on any atom is 0.252 e. The van der Waals surface area contributed by atoms with Crippen LogP contribution in [0.3, 0.4) is 0 Å². The van der Waals surface area contributed by atoms with E-state index in [9.17, 15) is 22.4 Å². The lowest BCUT2D eigenvalue weighted by atomic mass is 10.1. The highest BCUT2D eigenvalue weighted by atomic mass is 32.2. The molecule has 0 radical (unpaired) electrons. The van der Waals surface area contributed by atoms with Crippen LogP contribution in [0.4, 0.5) is 4.39 Å². The van der Waals surface area contributed by atoms with Gasteiger partial charge in [-0.1, -0.05) is 24.3 Å². The Kier molecular flexibility index (Phi) is 6.53. The maximum absolute atomic E-state index is 13.7. The summed E-state index contributed by atoms with van der Waals surface area (Å²) in [5.74, 6) is 0.430. The summed E-state index contributed by atoms with van der Waals surface area (Å²) in [5, 5.41) is 0.656. The van der Waals surface area contributed by atoms with E-state index in [2.05, 4.69) is 4.98 Å². The number of benzene rings is 3. The van der Waals surface area contributed by atoms with E-state index >= 15 is 0 Å². The van der Waals surface area contributed by atoms with Gasteiger partial charge >= 0.3 is 0 Å². The fraction of sp³-hybridized carbons (Fsp3) is 0.185. The highest BCUT2D eigenvalue weighted by Gasteiger charge is 2.26. The van der Waals surface area contributed by atoms with Gasteiger partial charge < -0.3 is 14.5 Å². The summed E-state index contributed by atoms with van der Waals surface area (Å²) >= 11 is 0. The molecule has 1 N–H and O–H groups in total. The summed E-state index contributed by atoms with van der Waals surface area (Å²) in [6.07, 6.45) is 0. The number of nitrogens with zero attached hydrogens (tertiary/aromatic N) is 1. The smallest absolute Gasteiger partial charge is 0.252 e. The normalized spacial score (nSPS) is 13.2. The zero-order chi connectivity index (χ0) is 26.2. The van der Waals surface area contributed by atoms with Crippen molar-refractivity contribution in [2.45, 2.75) is 24.9 Å². The van der Waals surface area contributed by atoms with E-state index in [4.69, 9.17) is 9.47 Å². The van der Waals surface area contributed by atoms with Gasteiger partial charge in [0.05, 0.1) is 10.4 Å². The molecule has 37 heavy (non-hydrogen) atoms. The van der Waals surface area contributed by atoms with E-state index < -0.39 is 21.4 Å². The number of nitrogens with one attached hydrogen (secondary N) is 1. The molecule has 0 aliphatic carbocycles. The lowest BCUT2D eigenvalue weighted by Crippen LogP contribution is -2.32. The standard InChI is InChI=1S/C27H23FN2O6S/c1-17(31)19-4-8-23(9-5-19)37(33,34)30(15-18-2-6-22(28)7-3-18)16-21-12-20-13-25-26(36-11-10-35-25)14-24(20)29-27(21)32/h2-9,12-14H,10-11,15-16H2,1H3,(H,29,32). The molecule has 0 saturated heterocycles. The number of pyridine rings is 1. The molecule has 1 aliphatic heterocycles. The van der Waals surface area contributed by atoms with Crippen molar-refractivity contribution in [2.75, 3.05) is 13.2 Å². The zero-order valence-electron chi connectivity index (χ0n) is 19.9. The summed E-state index contributed by atoms with van der Waals surface area (Å²) in [7, 11) is -4.10. The lowest BCUT2D eigenvalue weighted by molar-refractivity contribution is 0.101. The first-order chi connectivity index (χ1) is 17.7. The first-order valence-electron chi connectivity index (χ1n) is 11.5. The summed E-state index contributed by atoms with van der Waals surface area (Å²) in [4.78, 5) is 27.4. The number of carbonyl (C=O) groups is 1. The van der Waals surface area contributed by atoms with Gasteiger partial charge in [0.25, 0.3) is 5.56 Å². The number of sulfonamides is 1. The van der Waals surface area contributed by atoms with Gasteiger partial charge in [-0.3, -0.25) is 9.59 Å². The van der Waals surface area contributed by atoms with Crippen molar-refractivity contribution in [1.29, 1.82) is 0 Å². The van der Waals surface area contributed by atoms with Crippen molar-refractivity contribution in [2.24, 2.45) is 0 Å². The van der Waals surface area contributed by atoms with Gasteiger partial charge in [0, 0.05) is 35.7 Å². The molecule has 0 fully saturated rings. The van der Waals surface area contributed by atoms with E-state index in [0.717, 1.165) is 4.31 Å². The second kappa shape index (κ2) is 9.79. The largest absolute Gasteiger partial charge is 0.486 e. The molecule has 0 saturated carbocycles. The fourth-order valence-electron chi connectivity index (χ4n) is 4.13. The Morgan fingerprint density at radius 3 is 2.24 bits per heavy atom. The Morgan fingerprint density at radius 1 is 0.946 bits per heavy atom. The van der Waals surface area contributed by atoms with Crippen LogP contribution in [0.5, 0.6) is 11.5 Å². The van der Waals surface area contributed by atoms with E-state index in [1.807, 2.05) is 0 Å². The average molecular weight is 523 g/mol. The molecule has 0 amide bonds. The van der Waals surface area contributed by atoms with E-state index in [1.165, 1.54) is 55.5 Å². The highest BCUT2D eigenvalue weighted by Crippen LogP contribution is 2.34. The quantitative estimate of drug-likeness (QED) is 0.368. The number of rotatable bonds is 7. The Hall–Kier alpha value is -4.02. The van der Waals surface area contributed by atoms with Crippen LogP contribution < -0.4 is 15.0 Å². The first kappa shape index (κ1) is 24.7. The van der Waals surface area contributed by atoms with Gasteiger partial charge in [-0.05, 0) is 48.9 Å². The van der Waals surface area contributed by atoms with Crippen molar-refractivity contribution in [3.63, 3.8) is 0 Å². The van der Waals surface area contributed by atoms with Gasteiger partial charge in [0.15, 0.2) is 17.3 Å². The summed E-state index contributed by atoms with van der Waals surface area (Å²) in [6, 6.07) is 16.1. The van der Waals surface area contributed by atoms with E-state index in [1.54, 1.807) is 18.2 Å². The third kappa shape index (κ3) is 5.11. The number of carbonyl (C=O) groups excluding carboxylic acids is 1. The molecule has 10 heteroatoms. The first-order valence-corrected chi connectivity index (χ1v) is 13.0. The topological polar surface area (TPSA) is 106 Å². The van der Waals surface area contributed by atoms with Gasteiger partial charge in [-0.2, -0.15) is 4.31 Å². The fourth-order valence-corrected chi connectivity index (χ4v) is 5.53. The van der Waals surface area contributed by atoms with Crippen LogP contribution in [-0.2, 0) is 23.1 Å². The number of ketones is 1. The maximum atomic E-state index is 13.7. The third-order valence-corrected chi connectivity index (χ3v) is 7.91. The number of aromatic nitrogens is 1. The number of fused-ring (bicyclic) bond motifs is 2. The molecular weight excluding hydrogens is 499 g/mol. The molecule has 0 spiro atoms. The van der Waals surface area contributed by atoms with Gasteiger partial charge in [-0.25, -0.2) is 12.8 Å². The predicted octanol–water partition coefficient (Wildman–Crippen LogP) is 4.03. The van der Waals surface area contributed by atoms with Crippen LogP contribution in [0.2, 0.25) is 0 Å². The van der Waals surface area contributed by atoms with E-state index in [0.29, 0.717) is 46.7 Å². The second-order valence-electron chi connectivity index (χ2n) is 8.69. The molecule has 0 unspecified atom stereocenters. The summed E-state index contributed by atoms with van der Waals surface area (Å²) in [5.41, 5.74) is 1.23. The molecule has 190 valence electrons. The monoisotopic (exact) mass is 522 g/mol. The Bertz CT molecular complexity index is 1650. The Morgan fingerprint density at radius 2 is 1.59 bits per heavy atom. The van der Waals surface area contributed by atoms with Gasteiger partial charge in [0.1, 0.15) is 19.0 Å².